The number of benzene rings is 1. The average Bonchev–Trinajstić information content (AvgIpc) is 2.27. The van der Waals surface area contributed by atoms with E-state index >= 15 is 0 Å². The van der Waals surface area contributed by atoms with Crippen LogP contribution in [0.1, 0.15) is 39.2 Å². The molecule has 17 heavy (non-hydrogen) atoms. The van der Waals surface area contributed by atoms with Crippen molar-refractivity contribution in [2.75, 3.05) is 0 Å². The van der Waals surface area contributed by atoms with E-state index in [1.807, 2.05) is 0 Å². The third-order valence-corrected chi connectivity index (χ3v) is 3.06. The predicted molar refractivity (Wildman–Crippen MR) is 71.8 cm³/mol. The summed E-state index contributed by atoms with van der Waals surface area (Å²) in [7, 11) is 0. The van der Waals surface area contributed by atoms with E-state index in [-0.39, 0.29) is 5.82 Å². The Kier molecular flexibility index (Phi) is 5.93. The zero-order valence-corrected chi connectivity index (χ0v) is 11.5. The first-order chi connectivity index (χ1) is 7.99. The highest BCUT2D eigenvalue weighted by Crippen LogP contribution is 2.15. The summed E-state index contributed by atoms with van der Waals surface area (Å²) in [5.41, 5.74) is 0.633. The zero-order chi connectivity index (χ0) is 12.8. The third-order valence-electron chi connectivity index (χ3n) is 2.83. The molecular formula is C14H21ClFN. The number of hydrogen-bond donors (Lipinski definition) is 1. The molecule has 0 saturated carbocycles. The molecular weight excluding hydrogens is 237 g/mol. The van der Waals surface area contributed by atoms with E-state index in [0.29, 0.717) is 29.1 Å². The molecule has 0 bridgehead atoms. The molecule has 1 aromatic rings. The van der Waals surface area contributed by atoms with E-state index in [9.17, 15) is 4.39 Å². The molecule has 0 fully saturated rings. The van der Waals surface area contributed by atoms with Gasteiger partial charge in [0.2, 0.25) is 0 Å². The van der Waals surface area contributed by atoms with Crippen LogP contribution < -0.4 is 5.32 Å². The van der Waals surface area contributed by atoms with Crippen LogP contribution in [0.2, 0.25) is 5.02 Å². The number of nitrogens with one attached hydrogen (secondary N) is 1. The first-order valence-electron chi connectivity index (χ1n) is 6.16. The lowest BCUT2D eigenvalue weighted by atomic mass is 10.0. The summed E-state index contributed by atoms with van der Waals surface area (Å²) in [6, 6.07) is 5.07. The highest BCUT2D eigenvalue weighted by molar-refractivity contribution is 6.30. The van der Waals surface area contributed by atoms with Crippen LogP contribution in [0, 0.1) is 11.7 Å². The molecule has 0 saturated heterocycles. The van der Waals surface area contributed by atoms with Gasteiger partial charge in [-0.1, -0.05) is 25.4 Å². The van der Waals surface area contributed by atoms with Gasteiger partial charge in [-0.3, -0.25) is 0 Å². The molecule has 1 nitrogen and oxygen atoms in total. The minimum Gasteiger partial charge on any atom is -0.310 e. The number of halogens is 2. The average molecular weight is 258 g/mol. The summed E-state index contributed by atoms with van der Waals surface area (Å²) >= 11 is 5.84. The highest BCUT2D eigenvalue weighted by atomic mass is 35.5. The molecule has 0 amide bonds. The molecule has 1 atom stereocenters. The molecule has 0 radical (unpaired) electrons. The summed E-state index contributed by atoms with van der Waals surface area (Å²) in [6.07, 6.45) is 2.30. The summed E-state index contributed by atoms with van der Waals surface area (Å²) in [5.74, 6) is 0.514. The summed E-state index contributed by atoms with van der Waals surface area (Å²) in [6.45, 7) is 7.09. The van der Waals surface area contributed by atoms with E-state index in [0.717, 1.165) is 6.42 Å². The van der Waals surface area contributed by atoms with Crippen molar-refractivity contribution >= 4 is 11.6 Å². The molecule has 0 heterocycles. The smallest absolute Gasteiger partial charge is 0.127 e. The first kappa shape index (κ1) is 14.5. The second-order valence-corrected chi connectivity index (χ2v) is 5.43. The Bertz CT molecular complexity index is 352. The van der Waals surface area contributed by atoms with Gasteiger partial charge in [-0.15, -0.1) is 0 Å². The summed E-state index contributed by atoms with van der Waals surface area (Å²) in [5, 5.41) is 3.91. The fraction of sp³-hybridized carbons (Fsp3) is 0.571. The highest BCUT2D eigenvalue weighted by Gasteiger charge is 2.06. The van der Waals surface area contributed by atoms with Gasteiger partial charge in [0, 0.05) is 23.2 Å². The van der Waals surface area contributed by atoms with Crippen LogP contribution in [-0.2, 0) is 6.54 Å². The van der Waals surface area contributed by atoms with Crippen molar-refractivity contribution in [1.82, 2.24) is 5.32 Å². The molecule has 3 heteroatoms. The van der Waals surface area contributed by atoms with Crippen LogP contribution in [0.5, 0.6) is 0 Å². The van der Waals surface area contributed by atoms with Crippen molar-refractivity contribution in [1.29, 1.82) is 0 Å². The third kappa shape index (κ3) is 5.51. The van der Waals surface area contributed by atoms with Crippen molar-refractivity contribution in [2.24, 2.45) is 5.92 Å². The van der Waals surface area contributed by atoms with E-state index in [1.165, 1.54) is 12.5 Å². The van der Waals surface area contributed by atoms with Crippen molar-refractivity contribution in [2.45, 2.75) is 46.2 Å². The minimum absolute atomic E-state index is 0.196. The Morgan fingerprint density at radius 1 is 1.24 bits per heavy atom. The molecule has 0 aliphatic rings. The van der Waals surface area contributed by atoms with Gasteiger partial charge >= 0.3 is 0 Å². The fourth-order valence-electron chi connectivity index (χ4n) is 1.65. The number of hydrogen-bond acceptors (Lipinski definition) is 1. The van der Waals surface area contributed by atoms with Crippen LogP contribution in [-0.4, -0.2) is 6.04 Å². The minimum atomic E-state index is -0.196. The van der Waals surface area contributed by atoms with Crippen LogP contribution >= 0.6 is 11.6 Å². The zero-order valence-electron chi connectivity index (χ0n) is 10.8. The van der Waals surface area contributed by atoms with Gasteiger partial charge in [0.25, 0.3) is 0 Å². The van der Waals surface area contributed by atoms with Crippen LogP contribution in [0.4, 0.5) is 4.39 Å². The van der Waals surface area contributed by atoms with Gasteiger partial charge in [0.05, 0.1) is 0 Å². The Hall–Kier alpha value is -0.600. The number of rotatable bonds is 6. The Labute approximate surface area is 108 Å². The fourth-order valence-corrected chi connectivity index (χ4v) is 1.84. The van der Waals surface area contributed by atoms with Crippen LogP contribution in [0.15, 0.2) is 18.2 Å². The molecule has 1 rings (SSSR count). The molecule has 1 unspecified atom stereocenters. The van der Waals surface area contributed by atoms with E-state index in [4.69, 9.17) is 11.6 Å². The lowest BCUT2D eigenvalue weighted by Gasteiger charge is -2.15. The van der Waals surface area contributed by atoms with Gasteiger partial charge < -0.3 is 5.32 Å². The van der Waals surface area contributed by atoms with E-state index in [2.05, 4.69) is 26.1 Å². The van der Waals surface area contributed by atoms with Crippen LogP contribution in [0.25, 0.3) is 0 Å². The van der Waals surface area contributed by atoms with Gasteiger partial charge in [0.15, 0.2) is 0 Å². The van der Waals surface area contributed by atoms with Gasteiger partial charge in [0.1, 0.15) is 5.82 Å². The predicted octanol–water partition coefficient (Wildman–Crippen LogP) is 4.39. The monoisotopic (exact) mass is 257 g/mol. The van der Waals surface area contributed by atoms with Gasteiger partial charge in [-0.05, 0) is 43.9 Å². The maximum Gasteiger partial charge on any atom is 0.127 e. The Balaban J connectivity index is 2.41. The van der Waals surface area contributed by atoms with Crippen molar-refractivity contribution in [3.05, 3.63) is 34.6 Å². The maximum absolute atomic E-state index is 13.4. The molecule has 0 aliphatic carbocycles. The van der Waals surface area contributed by atoms with Crippen molar-refractivity contribution < 1.29 is 4.39 Å². The van der Waals surface area contributed by atoms with Crippen molar-refractivity contribution in [3.63, 3.8) is 0 Å². The largest absolute Gasteiger partial charge is 0.310 e. The maximum atomic E-state index is 13.4. The SMILES string of the molecule is CC(C)CCC(C)NCc1cc(Cl)ccc1F. The lowest BCUT2D eigenvalue weighted by molar-refractivity contribution is 0.446. The second-order valence-electron chi connectivity index (χ2n) is 4.99. The molecule has 1 N–H and O–H groups in total. The quantitative estimate of drug-likeness (QED) is 0.797. The summed E-state index contributed by atoms with van der Waals surface area (Å²) < 4.78 is 13.4. The van der Waals surface area contributed by atoms with Gasteiger partial charge in [-0.2, -0.15) is 0 Å². The van der Waals surface area contributed by atoms with Gasteiger partial charge in [-0.25, -0.2) is 4.39 Å². The summed E-state index contributed by atoms with van der Waals surface area (Å²) in [4.78, 5) is 0. The molecule has 1 aromatic carbocycles. The normalized spacial score (nSPS) is 13.1. The second kappa shape index (κ2) is 6.97. The standard InChI is InChI=1S/C14H21ClFN/c1-10(2)4-5-11(3)17-9-12-8-13(15)6-7-14(12)16/h6-8,10-11,17H,4-5,9H2,1-3H3. The van der Waals surface area contributed by atoms with Crippen molar-refractivity contribution in [3.8, 4) is 0 Å². The van der Waals surface area contributed by atoms with E-state index in [1.54, 1.807) is 12.1 Å². The van der Waals surface area contributed by atoms with Crippen LogP contribution in [0.3, 0.4) is 0 Å². The Morgan fingerprint density at radius 3 is 2.59 bits per heavy atom. The molecule has 0 spiro atoms. The molecule has 0 aromatic heterocycles. The topological polar surface area (TPSA) is 12.0 Å². The molecule has 0 aliphatic heterocycles. The Morgan fingerprint density at radius 2 is 1.94 bits per heavy atom. The van der Waals surface area contributed by atoms with E-state index < -0.39 is 0 Å². The molecule has 96 valence electrons. The first-order valence-corrected chi connectivity index (χ1v) is 6.54. The lowest BCUT2D eigenvalue weighted by Crippen LogP contribution is -2.26.